The molecular formula is C20H23N3O3S. The van der Waals surface area contributed by atoms with Crippen LogP contribution in [-0.2, 0) is 11.3 Å². The number of benzene rings is 1. The normalized spacial score (nSPS) is 15.7. The summed E-state index contributed by atoms with van der Waals surface area (Å²) in [6, 6.07) is 5.42. The summed E-state index contributed by atoms with van der Waals surface area (Å²) < 4.78 is 5.44. The summed E-state index contributed by atoms with van der Waals surface area (Å²) in [6.07, 6.45) is 1.76. The molecule has 0 radical (unpaired) electrons. The Balaban J connectivity index is 1.81. The minimum absolute atomic E-state index is 0.0444. The Morgan fingerprint density at radius 1 is 1.37 bits per heavy atom. The Bertz CT molecular complexity index is 914. The van der Waals surface area contributed by atoms with E-state index in [2.05, 4.69) is 10.3 Å². The van der Waals surface area contributed by atoms with Crippen molar-refractivity contribution in [1.29, 1.82) is 0 Å². The maximum atomic E-state index is 12.9. The van der Waals surface area contributed by atoms with Gasteiger partial charge in [0.15, 0.2) is 0 Å². The van der Waals surface area contributed by atoms with Crippen molar-refractivity contribution in [3.05, 3.63) is 46.8 Å². The maximum Gasteiger partial charge on any atom is 0.254 e. The predicted octanol–water partition coefficient (Wildman–Crippen LogP) is 3.41. The number of carbonyl (C=O) groups is 2. The van der Waals surface area contributed by atoms with Gasteiger partial charge in [0.2, 0.25) is 5.91 Å². The standard InChI is InChI=1S/C20H23N3O3S/c1-11-9-21-16(12(2)18(11)26-5)10-23(4)20(25)14-6-7-17-15(8-14)22-19(24)13(3)27-17/h6-9,13H,10H2,1-5H3,(H,22,24)/t13-/m0/s1. The van der Waals surface area contributed by atoms with Crippen LogP contribution in [0.4, 0.5) is 5.69 Å². The van der Waals surface area contributed by atoms with Gasteiger partial charge in [0.05, 0.1) is 30.3 Å². The monoisotopic (exact) mass is 385 g/mol. The zero-order valence-electron chi connectivity index (χ0n) is 16.1. The lowest BCUT2D eigenvalue weighted by molar-refractivity contribution is -0.115. The number of hydrogen-bond acceptors (Lipinski definition) is 5. The quantitative estimate of drug-likeness (QED) is 0.873. The number of nitrogens with zero attached hydrogens (tertiary/aromatic N) is 2. The number of methoxy groups -OCH3 is 1. The molecule has 1 aliphatic rings. The van der Waals surface area contributed by atoms with Gasteiger partial charge in [-0.15, -0.1) is 11.8 Å². The van der Waals surface area contributed by atoms with Crippen molar-refractivity contribution in [3.8, 4) is 5.75 Å². The Hall–Kier alpha value is -2.54. The molecule has 1 atom stereocenters. The number of ether oxygens (including phenoxy) is 1. The molecule has 6 nitrogen and oxygen atoms in total. The number of aromatic nitrogens is 1. The van der Waals surface area contributed by atoms with Gasteiger partial charge in [-0.3, -0.25) is 14.6 Å². The molecule has 2 amide bonds. The SMILES string of the molecule is COc1c(C)cnc(CN(C)C(=O)c2ccc3c(c2)NC(=O)[C@H](C)S3)c1C. The highest BCUT2D eigenvalue weighted by atomic mass is 32.2. The molecule has 1 aromatic carbocycles. The molecule has 1 aromatic heterocycles. The Morgan fingerprint density at radius 3 is 2.81 bits per heavy atom. The number of nitrogens with one attached hydrogen (secondary N) is 1. The van der Waals surface area contributed by atoms with Crippen LogP contribution < -0.4 is 10.1 Å². The first-order chi connectivity index (χ1) is 12.8. The molecule has 0 saturated heterocycles. The van der Waals surface area contributed by atoms with Crippen LogP contribution >= 0.6 is 11.8 Å². The molecule has 142 valence electrons. The third kappa shape index (κ3) is 3.78. The number of rotatable bonds is 4. The minimum atomic E-state index is -0.132. The van der Waals surface area contributed by atoms with Crippen LogP contribution in [0.5, 0.6) is 5.75 Å². The lowest BCUT2D eigenvalue weighted by Crippen LogP contribution is -2.29. The van der Waals surface area contributed by atoms with E-state index in [0.29, 0.717) is 17.8 Å². The fourth-order valence-electron chi connectivity index (χ4n) is 3.09. The number of fused-ring (bicyclic) bond motifs is 1. The molecular weight excluding hydrogens is 362 g/mol. The van der Waals surface area contributed by atoms with Crippen LogP contribution in [0.2, 0.25) is 0 Å². The highest BCUT2D eigenvalue weighted by molar-refractivity contribution is 8.00. The van der Waals surface area contributed by atoms with E-state index < -0.39 is 0 Å². The van der Waals surface area contributed by atoms with Crippen LogP contribution in [-0.4, -0.2) is 41.1 Å². The summed E-state index contributed by atoms with van der Waals surface area (Å²) in [5.74, 6) is 0.622. The first-order valence-corrected chi connectivity index (χ1v) is 9.56. The van der Waals surface area contributed by atoms with E-state index in [1.165, 1.54) is 11.8 Å². The number of hydrogen-bond donors (Lipinski definition) is 1. The number of thioether (sulfide) groups is 1. The van der Waals surface area contributed by atoms with Gasteiger partial charge in [-0.1, -0.05) is 0 Å². The van der Waals surface area contributed by atoms with Crippen LogP contribution in [0.15, 0.2) is 29.3 Å². The summed E-state index contributed by atoms with van der Waals surface area (Å²) in [7, 11) is 3.37. The van der Waals surface area contributed by atoms with Gasteiger partial charge in [0, 0.05) is 34.8 Å². The van der Waals surface area contributed by atoms with Crippen molar-refractivity contribution < 1.29 is 14.3 Å². The number of anilines is 1. The van der Waals surface area contributed by atoms with E-state index >= 15 is 0 Å². The molecule has 0 bridgehead atoms. The van der Waals surface area contributed by atoms with E-state index in [1.54, 1.807) is 37.4 Å². The second-order valence-electron chi connectivity index (χ2n) is 6.67. The molecule has 0 saturated carbocycles. The highest BCUT2D eigenvalue weighted by Gasteiger charge is 2.24. The van der Waals surface area contributed by atoms with E-state index in [0.717, 1.165) is 27.5 Å². The van der Waals surface area contributed by atoms with Crippen molar-refractivity contribution in [3.63, 3.8) is 0 Å². The van der Waals surface area contributed by atoms with Gasteiger partial charge in [0.1, 0.15) is 5.75 Å². The topological polar surface area (TPSA) is 71.5 Å². The molecule has 1 aliphatic heterocycles. The lowest BCUT2D eigenvalue weighted by Gasteiger charge is -2.23. The molecule has 0 aliphatic carbocycles. The van der Waals surface area contributed by atoms with Crippen LogP contribution in [0.3, 0.4) is 0 Å². The first-order valence-electron chi connectivity index (χ1n) is 8.68. The average Bonchev–Trinajstić information content (AvgIpc) is 2.64. The van der Waals surface area contributed by atoms with Crippen molar-refractivity contribution >= 4 is 29.3 Å². The van der Waals surface area contributed by atoms with Gasteiger partial charge in [-0.05, 0) is 39.0 Å². The fraction of sp³-hybridized carbons (Fsp3) is 0.350. The van der Waals surface area contributed by atoms with Crippen molar-refractivity contribution in [2.75, 3.05) is 19.5 Å². The molecule has 0 spiro atoms. The average molecular weight is 385 g/mol. The zero-order valence-corrected chi connectivity index (χ0v) is 16.9. The van der Waals surface area contributed by atoms with E-state index in [4.69, 9.17) is 4.74 Å². The zero-order chi connectivity index (χ0) is 19.7. The number of aryl methyl sites for hydroxylation is 1. The highest BCUT2D eigenvalue weighted by Crippen LogP contribution is 2.36. The summed E-state index contributed by atoms with van der Waals surface area (Å²) in [6.45, 7) is 6.12. The predicted molar refractivity (Wildman–Crippen MR) is 106 cm³/mol. The van der Waals surface area contributed by atoms with Gasteiger partial charge in [0.25, 0.3) is 5.91 Å². The van der Waals surface area contributed by atoms with Crippen LogP contribution in [0, 0.1) is 13.8 Å². The summed E-state index contributed by atoms with van der Waals surface area (Å²) in [5.41, 5.74) is 3.91. The van der Waals surface area contributed by atoms with E-state index in [-0.39, 0.29) is 17.1 Å². The molecule has 27 heavy (non-hydrogen) atoms. The lowest BCUT2D eigenvalue weighted by atomic mass is 10.1. The third-order valence-corrected chi connectivity index (χ3v) is 5.82. The van der Waals surface area contributed by atoms with Crippen LogP contribution in [0.1, 0.15) is 34.1 Å². The summed E-state index contributed by atoms with van der Waals surface area (Å²) in [5, 5.41) is 2.73. The Kier molecular flexibility index (Phi) is 5.41. The smallest absolute Gasteiger partial charge is 0.254 e. The van der Waals surface area contributed by atoms with E-state index in [9.17, 15) is 9.59 Å². The molecule has 0 unspecified atom stereocenters. The van der Waals surface area contributed by atoms with Gasteiger partial charge < -0.3 is 15.0 Å². The van der Waals surface area contributed by atoms with Crippen LogP contribution in [0.25, 0.3) is 0 Å². The largest absolute Gasteiger partial charge is 0.496 e. The number of pyridine rings is 1. The second kappa shape index (κ2) is 7.60. The maximum absolute atomic E-state index is 12.9. The van der Waals surface area contributed by atoms with Crippen molar-refractivity contribution in [2.24, 2.45) is 0 Å². The summed E-state index contributed by atoms with van der Waals surface area (Å²) in [4.78, 5) is 31.8. The fourth-order valence-corrected chi connectivity index (χ4v) is 4.02. The van der Waals surface area contributed by atoms with E-state index in [1.807, 2.05) is 26.8 Å². The van der Waals surface area contributed by atoms with Gasteiger partial charge in [-0.2, -0.15) is 0 Å². The van der Waals surface area contributed by atoms with Crippen molar-refractivity contribution in [1.82, 2.24) is 9.88 Å². The second-order valence-corrected chi connectivity index (χ2v) is 8.05. The summed E-state index contributed by atoms with van der Waals surface area (Å²) >= 11 is 1.50. The molecule has 3 rings (SSSR count). The molecule has 7 heteroatoms. The first kappa shape index (κ1) is 19.2. The van der Waals surface area contributed by atoms with Crippen molar-refractivity contribution in [2.45, 2.75) is 37.5 Å². The Labute approximate surface area is 163 Å². The number of carbonyl (C=O) groups excluding carboxylic acids is 2. The minimum Gasteiger partial charge on any atom is -0.496 e. The van der Waals surface area contributed by atoms with Gasteiger partial charge in [-0.25, -0.2) is 0 Å². The molecule has 2 aromatic rings. The molecule has 2 heterocycles. The third-order valence-electron chi connectivity index (χ3n) is 4.64. The Morgan fingerprint density at radius 2 is 2.11 bits per heavy atom. The number of amides is 2. The van der Waals surface area contributed by atoms with Gasteiger partial charge >= 0.3 is 0 Å². The molecule has 0 fully saturated rings. The molecule has 1 N–H and O–H groups in total.